The summed E-state index contributed by atoms with van der Waals surface area (Å²) in [5.74, 6) is 0.757. The fraction of sp³-hybridized carbons (Fsp3) is 0.529. The van der Waals surface area contributed by atoms with Crippen LogP contribution in [0.15, 0.2) is 18.2 Å². The van der Waals surface area contributed by atoms with E-state index in [9.17, 15) is 9.59 Å². The molecule has 23 heavy (non-hydrogen) atoms. The maximum atomic E-state index is 12.4. The Morgan fingerprint density at radius 2 is 1.91 bits per heavy atom. The third-order valence-electron chi connectivity index (χ3n) is 4.58. The third kappa shape index (κ3) is 3.17. The van der Waals surface area contributed by atoms with Crippen molar-refractivity contribution in [2.24, 2.45) is 0 Å². The summed E-state index contributed by atoms with van der Waals surface area (Å²) < 4.78 is 5.61. The van der Waals surface area contributed by atoms with Crippen LogP contribution >= 0.6 is 0 Å². The summed E-state index contributed by atoms with van der Waals surface area (Å²) >= 11 is 0. The van der Waals surface area contributed by atoms with E-state index >= 15 is 0 Å². The van der Waals surface area contributed by atoms with Crippen LogP contribution < -0.4 is 9.64 Å². The van der Waals surface area contributed by atoms with Crippen LogP contribution in [-0.2, 0) is 16.0 Å². The number of ether oxygens (including phenoxy) is 1. The molecular weight excluding hydrogens is 294 g/mol. The number of nitrogens with zero attached hydrogens (tertiary/aromatic N) is 3. The van der Waals surface area contributed by atoms with E-state index in [1.807, 2.05) is 23.1 Å². The Bertz CT molecular complexity index is 624. The molecule has 124 valence electrons. The van der Waals surface area contributed by atoms with E-state index in [1.54, 1.807) is 18.9 Å². The van der Waals surface area contributed by atoms with E-state index in [0.717, 1.165) is 37.4 Å². The maximum Gasteiger partial charge on any atom is 0.267 e. The lowest BCUT2D eigenvalue weighted by atomic mass is 10.1. The molecule has 2 heterocycles. The minimum Gasteiger partial charge on any atom is -0.479 e. The van der Waals surface area contributed by atoms with E-state index in [4.69, 9.17) is 4.74 Å². The van der Waals surface area contributed by atoms with Crippen molar-refractivity contribution < 1.29 is 14.3 Å². The van der Waals surface area contributed by atoms with Crippen molar-refractivity contribution in [3.05, 3.63) is 23.8 Å². The van der Waals surface area contributed by atoms with Crippen molar-refractivity contribution in [1.29, 1.82) is 0 Å². The number of rotatable bonds is 2. The van der Waals surface area contributed by atoms with Crippen LogP contribution in [0.2, 0.25) is 0 Å². The zero-order valence-electron chi connectivity index (χ0n) is 13.9. The summed E-state index contributed by atoms with van der Waals surface area (Å²) in [4.78, 5) is 30.2. The lowest BCUT2D eigenvalue weighted by molar-refractivity contribution is -0.132. The molecule has 1 saturated heterocycles. The van der Waals surface area contributed by atoms with E-state index in [-0.39, 0.29) is 11.8 Å². The monoisotopic (exact) mass is 317 g/mol. The van der Waals surface area contributed by atoms with Gasteiger partial charge in [-0.15, -0.1) is 0 Å². The Labute approximate surface area is 136 Å². The number of piperazine rings is 1. The number of hydrogen-bond acceptors (Lipinski definition) is 4. The average Bonchev–Trinajstić information content (AvgIpc) is 2.54. The molecule has 0 aromatic heterocycles. The summed E-state index contributed by atoms with van der Waals surface area (Å²) in [7, 11) is 3.81. The molecule has 2 aliphatic heterocycles. The molecule has 0 spiro atoms. The van der Waals surface area contributed by atoms with Crippen molar-refractivity contribution in [2.75, 3.05) is 45.2 Å². The van der Waals surface area contributed by atoms with E-state index in [1.165, 1.54) is 0 Å². The summed E-state index contributed by atoms with van der Waals surface area (Å²) in [5, 5.41) is 0. The number of benzene rings is 1. The molecule has 1 unspecified atom stereocenters. The first kappa shape index (κ1) is 15.8. The topological polar surface area (TPSA) is 53.1 Å². The molecule has 0 N–H and O–H groups in total. The largest absolute Gasteiger partial charge is 0.479 e. The molecule has 3 rings (SSSR count). The van der Waals surface area contributed by atoms with Gasteiger partial charge < -0.3 is 19.4 Å². The quantitative estimate of drug-likeness (QED) is 0.808. The van der Waals surface area contributed by atoms with E-state index < -0.39 is 6.10 Å². The number of fused-ring (bicyclic) bond motifs is 1. The second-order valence-electron chi connectivity index (χ2n) is 6.32. The van der Waals surface area contributed by atoms with Crippen LogP contribution in [0.5, 0.6) is 5.75 Å². The van der Waals surface area contributed by atoms with Crippen molar-refractivity contribution in [3.8, 4) is 5.75 Å². The zero-order chi connectivity index (χ0) is 16.6. The maximum absolute atomic E-state index is 12.4. The van der Waals surface area contributed by atoms with Gasteiger partial charge in [0, 0.05) is 33.2 Å². The van der Waals surface area contributed by atoms with Crippen molar-refractivity contribution in [1.82, 2.24) is 9.80 Å². The second-order valence-corrected chi connectivity index (χ2v) is 6.32. The van der Waals surface area contributed by atoms with Gasteiger partial charge in [-0.25, -0.2) is 0 Å². The summed E-state index contributed by atoms with van der Waals surface area (Å²) in [6.07, 6.45) is -0.112. The van der Waals surface area contributed by atoms with Gasteiger partial charge in [0.15, 0.2) is 6.10 Å². The Balaban J connectivity index is 1.72. The number of carbonyl (C=O) groups excluding carboxylic acids is 2. The van der Waals surface area contributed by atoms with Crippen molar-refractivity contribution >= 4 is 17.5 Å². The van der Waals surface area contributed by atoms with Gasteiger partial charge in [0.25, 0.3) is 5.91 Å². The predicted molar refractivity (Wildman–Crippen MR) is 87.7 cm³/mol. The first-order chi connectivity index (χ1) is 11.0. The fourth-order valence-electron chi connectivity index (χ4n) is 3.01. The molecule has 0 bridgehead atoms. The van der Waals surface area contributed by atoms with Crippen LogP contribution in [0, 0.1) is 0 Å². The fourth-order valence-corrected chi connectivity index (χ4v) is 3.01. The van der Waals surface area contributed by atoms with Gasteiger partial charge in [0.1, 0.15) is 5.75 Å². The van der Waals surface area contributed by atoms with Gasteiger partial charge in [0.2, 0.25) is 5.91 Å². The standard InChI is InChI=1S/C17H23N3O3/c1-12-17(22)19(3)14-10-13(4-5-15(14)23-12)11-16(21)20-8-6-18(2)7-9-20/h4-5,10,12H,6-9,11H2,1-3H3. The van der Waals surface area contributed by atoms with Gasteiger partial charge >= 0.3 is 0 Å². The lowest BCUT2D eigenvalue weighted by Gasteiger charge is -2.33. The van der Waals surface area contributed by atoms with Crippen LogP contribution in [0.4, 0.5) is 5.69 Å². The lowest BCUT2D eigenvalue weighted by Crippen LogP contribution is -2.47. The Kier molecular flexibility index (Phi) is 4.26. The van der Waals surface area contributed by atoms with Crippen LogP contribution in [0.1, 0.15) is 12.5 Å². The highest BCUT2D eigenvalue weighted by molar-refractivity contribution is 5.99. The van der Waals surface area contributed by atoms with Gasteiger partial charge in [-0.2, -0.15) is 0 Å². The van der Waals surface area contributed by atoms with Gasteiger partial charge in [-0.05, 0) is 31.7 Å². The first-order valence-electron chi connectivity index (χ1n) is 7.99. The second kappa shape index (κ2) is 6.20. The summed E-state index contributed by atoms with van der Waals surface area (Å²) in [5.41, 5.74) is 1.64. The van der Waals surface area contributed by atoms with Gasteiger partial charge in [-0.1, -0.05) is 6.07 Å². The van der Waals surface area contributed by atoms with Gasteiger partial charge in [-0.3, -0.25) is 9.59 Å². The molecule has 2 aliphatic rings. The van der Waals surface area contributed by atoms with E-state index in [2.05, 4.69) is 11.9 Å². The number of amides is 2. The molecule has 0 radical (unpaired) electrons. The average molecular weight is 317 g/mol. The Morgan fingerprint density at radius 1 is 1.22 bits per heavy atom. The normalized spacial score (nSPS) is 21.9. The predicted octanol–water partition coefficient (Wildman–Crippen LogP) is 0.747. The summed E-state index contributed by atoms with van der Waals surface area (Å²) in [6, 6.07) is 5.64. The number of carbonyl (C=O) groups is 2. The molecule has 1 atom stereocenters. The highest BCUT2D eigenvalue weighted by atomic mass is 16.5. The molecule has 1 fully saturated rings. The molecule has 1 aromatic carbocycles. The molecule has 0 saturated carbocycles. The smallest absolute Gasteiger partial charge is 0.267 e. The molecular formula is C17H23N3O3. The molecule has 0 aliphatic carbocycles. The minimum absolute atomic E-state index is 0.0694. The molecule has 2 amide bonds. The number of anilines is 1. The molecule has 6 nitrogen and oxygen atoms in total. The number of hydrogen-bond donors (Lipinski definition) is 0. The van der Waals surface area contributed by atoms with E-state index in [0.29, 0.717) is 12.2 Å². The van der Waals surface area contributed by atoms with Gasteiger partial charge in [0.05, 0.1) is 12.1 Å². The Hall–Kier alpha value is -2.08. The van der Waals surface area contributed by atoms with Crippen molar-refractivity contribution in [3.63, 3.8) is 0 Å². The zero-order valence-corrected chi connectivity index (χ0v) is 13.9. The highest BCUT2D eigenvalue weighted by Gasteiger charge is 2.29. The SMILES string of the molecule is CC1Oc2ccc(CC(=O)N3CCN(C)CC3)cc2N(C)C1=O. The minimum atomic E-state index is -0.467. The van der Waals surface area contributed by atoms with Crippen molar-refractivity contribution in [2.45, 2.75) is 19.4 Å². The Morgan fingerprint density at radius 3 is 2.61 bits per heavy atom. The first-order valence-corrected chi connectivity index (χ1v) is 7.99. The van der Waals surface area contributed by atoms with Crippen LogP contribution in [0.25, 0.3) is 0 Å². The highest BCUT2D eigenvalue weighted by Crippen LogP contribution is 2.34. The van der Waals surface area contributed by atoms with Crippen LogP contribution in [0.3, 0.4) is 0 Å². The van der Waals surface area contributed by atoms with Crippen LogP contribution in [-0.4, -0.2) is 68.0 Å². The summed E-state index contributed by atoms with van der Waals surface area (Å²) in [6.45, 7) is 5.13. The third-order valence-corrected chi connectivity index (χ3v) is 4.58. The molecule has 1 aromatic rings. The number of likely N-dealkylation sites (N-methyl/N-ethyl adjacent to an activating group) is 2. The molecule has 6 heteroatoms.